The Balaban J connectivity index is 1.38. The van der Waals surface area contributed by atoms with Gasteiger partial charge in [0.1, 0.15) is 18.0 Å². The third-order valence-electron chi connectivity index (χ3n) is 5.46. The molecule has 12 heteroatoms. The van der Waals surface area contributed by atoms with Crippen LogP contribution in [-0.2, 0) is 28.9 Å². The van der Waals surface area contributed by atoms with E-state index in [1.165, 1.54) is 35.2 Å². The molecule has 2 aromatic carbocycles. The van der Waals surface area contributed by atoms with Crippen LogP contribution in [0.1, 0.15) is 53.5 Å². The highest BCUT2D eigenvalue weighted by Crippen LogP contribution is 2.52. The first-order chi connectivity index (χ1) is 17.8. The minimum absolute atomic E-state index is 0.0900. The van der Waals surface area contributed by atoms with Gasteiger partial charge < -0.3 is 14.3 Å². The Labute approximate surface area is 216 Å². The number of esters is 1. The standard InChI is InChI=1S/C26H26F3N5O4/c1-16-21(14-30-36-15-17-6-8-18(9-7-17)23(35)38-24(2,3)4)22(34(5)31-16)37-20-12-10-19(11-13-20)25(32-33-25)26(27,28)29/h6-14H,15H2,1-5H3/b30-14+. The van der Waals surface area contributed by atoms with Crippen LogP contribution in [0.5, 0.6) is 11.6 Å². The van der Waals surface area contributed by atoms with Gasteiger partial charge in [0.2, 0.25) is 5.88 Å². The molecule has 1 aromatic heterocycles. The smallest absolute Gasteiger partial charge is 0.442 e. The van der Waals surface area contributed by atoms with E-state index in [-0.39, 0.29) is 12.2 Å². The summed E-state index contributed by atoms with van der Waals surface area (Å²) in [7, 11) is 1.67. The molecule has 0 aliphatic carbocycles. The summed E-state index contributed by atoms with van der Waals surface area (Å²) in [5, 5.41) is 14.7. The van der Waals surface area contributed by atoms with Gasteiger partial charge in [-0.1, -0.05) is 29.4 Å². The molecule has 200 valence electrons. The predicted octanol–water partition coefficient (Wildman–Crippen LogP) is 6.21. The topological polar surface area (TPSA) is 99.7 Å². The Morgan fingerprint density at radius 3 is 2.24 bits per heavy atom. The first-order valence-corrected chi connectivity index (χ1v) is 11.6. The number of carbonyl (C=O) groups excluding carboxylic acids is 1. The Hall–Kier alpha value is -4.22. The molecule has 3 aromatic rings. The van der Waals surface area contributed by atoms with E-state index < -0.39 is 23.4 Å². The van der Waals surface area contributed by atoms with Gasteiger partial charge in [0.05, 0.1) is 23.0 Å². The van der Waals surface area contributed by atoms with Gasteiger partial charge in [-0.25, -0.2) is 9.48 Å². The highest BCUT2D eigenvalue weighted by molar-refractivity contribution is 5.89. The number of oxime groups is 1. The molecule has 0 unspecified atom stereocenters. The number of ether oxygens (including phenoxy) is 2. The van der Waals surface area contributed by atoms with Crippen molar-refractivity contribution in [1.29, 1.82) is 0 Å². The number of nitrogens with zero attached hydrogens (tertiary/aromatic N) is 5. The second-order valence-corrected chi connectivity index (χ2v) is 9.63. The summed E-state index contributed by atoms with van der Waals surface area (Å²) in [4.78, 5) is 17.5. The lowest BCUT2D eigenvalue weighted by molar-refractivity contribution is -0.166. The summed E-state index contributed by atoms with van der Waals surface area (Å²) in [6, 6.07) is 12.2. The maximum atomic E-state index is 13.2. The van der Waals surface area contributed by atoms with E-state index in [2.05, 4.69) is 20.5 Å². The molecule has 0 bridgehead atoms. The fraction of sp³-hybridized carbons (Fsp3) is 0.346. The number of hydrogen-bond acceptors (Lipinski definition) is 8. The van der Waals surface area contributed by atoms with Crippen LogP contribution in [-0.4, -0.2) is 33.7 Å². The first-order valence-electron chi connectivity index (χ1n) is 11.6. The van der Waals surface area contributed by atoms with E-state index in [0.29, 0.717) is 28.5 Å². The lowest BCUT2D eigenvalue weighted by Gasteiger charge is -2.19. The van der Waals surface area contributed by atoms with Crippen LogP contribution in [0.2, 0.25) is 0 Å². The quantitative estimate of drug-likeness (QED) is 0.196. The van der Waals surface area contributed by atoms with Gasteiger partial charge >= 0.3 is 17.8 Å². The van der Waals surface area contributed by atoms with Crippen LogP contribution in [0.15, 0.2) is 63.9 Å². The predicted molar refractivity (Wildman–Crippen MR) is 131 cm³/mol. The number of aromatic nitrogens is 2. The van der Waals surface area contributed by atoms with Crippen LogP contribution < -0.4 is 4.74 Å². The SMILES string of the molecule is Cc1nn(C)c(Oc2ccc(C3(C(F)(F)F)N=N3)cc2)c1/C=N/OCc1ccc(C(=O)OC(C)(C)C)cc1. The van der Waals surface area contributed by atoms with Gasteiger partial charge in [-0.15, -0.1) is 10.2 Å². The van der Waals surface area contributed by atoms with Crippen molar-refractivity contribution in [3.05, 3.63) is 76.5 Å². The third kappa shape index (κ3) is 5.84. The minimum Gasteiger partial charge on any atom is -0.456 e. The summed E-state index contributed by atoms with van der Waals surface area (Å²) in [5.74, 6) is 0.223. The van der Waals surface area contributed by atoms with Crippen molar-refractivity contribution in [2.45, 2.75) is 51.7 Å². The maximum absolute atomic E-state index is 13.2. The average molecular weight is 530 g/mol. The molecule has 0 N–H and O–H groups in total. The monoisotopic (exact) mass is 529 g/mol. The van der Waals surface area contributed by atoms with Crippen molar-refractivity contribution in [3.8, 4) is 11.6 Å². The number of rotatable bonds is 8. The van der Waals surface area contributed by atoms with Gasteiger partial charge in [-0.2, -0.15) is 18.3 Å². The molecule has 0 saturated heterocycles. The zero-order chi connectivity index (χ0) is 27.7. The summed E-state index contributed by atoms with van der Waals surface area (Å²) < 4.78 is 52.4. The Bertz CT molecular complexity index is 1370. The molecule has 0 fully saturated rings. The molecular formula is C26H26F3N5O4. The Morgan fingerprint density at radius 2 is 1.68 bits per heavy atom. The van der Waals surface area contributed by atoms with Crippen molar-refractivity contribution in [2.24, 2.45) is 22.4 Å². The number of halogens is 3. The fourth-order valence-corrected chi connectivity index (χ4v) is 3.51. The van der Waals surface area contributed by atoms with Crippen LogP contribution in [0, 0.1) is 6.92 Å². The summed E-state index contributed by atoms with van der Waals surface area (Å²) in [6.07, 6.45) is -3.15. The van der Waals surface area contributed by atoms with Gasteiger partial charge in [-0.05, 0) is 57.5 Å². The molecule has 0 radical (unpaired) electrons. The molecule has 1 aliphatic rings. The van der Waals surface area contributed by atoms with Crippen LogP contribution >= 0.6 is 0 Å². The van der Waals surface area contributed by atoms with E-state index >= 15 is 0 Å². The number of aryl methyl sites for hydroxylation is 2. The van der Waals surface area contributed by atoms with Crippen LogP contribution in [0.25, 0.3) is 0 Å². The molecular weight excluding hydrogens is 503 g/mol. The lowest BCUT2D eigenvalue weighted by atomic mass is 10.0. The Morgan fingerprint density at radius 1 is 1.05 bits per heavy atom. The highest BCUT2D eigenvalue weighted by Gasteiger charge is 2.65. The van der Waals surface area contributed by atoms with E-state index in [9.17, 15) is 18.0 Å². The fourth-order valence-electron chi connectivity index (χ4n) is 3.51. The Kier molecular flexibility index (Phi) is 7.00. The number of hydrogen-bond donors (Lipinski definition) is 0. The second kappa shape index (κ2) is 9.92. The van der Waals surface area contributed by atoms with Gasteiger partial charge in [0.25, 0.3) is 0 Å². The molecule has 2 heterocycles. The molecule has 38 heavy (non-hydrogen) atoms. The summed E-state index contributed by atoms with van der Waals surface area (Å²) >= 11 is 0. The van der Waals surface area contributed by atoms with Crippen molar-refractivity contribution < 1.29 is 32.3 Å². The summed E-state index contributed by atoms with van der Waals surface area (Å²) in [5.41, 5.74) is -0.784. The second-order valence-electron chi connectivity index (χ2n) is 9.63. The zero-order valence-corrected chi connectivity index (χ0v) is 21.4. The third-order valence-corrected chi connectivity index (χ3v) is 5.46. The molecule has 0 spiro atoms. The average Bonchev–Trinajstić information content (AvgIpc) is 3.60. The van der Waals surface area contributed by atoms with Crippen molar-refractivity contribution in [1.82, 2.24) is 9.78 Å². The van der Waals surface area contributed by atoms with E-state index in [0.717, 1.165) is 5.56 Å². The summed E-state index contributed by atoms with van der Waals surface area (Å²) in [6.45, 7) is 7.32. The van der Waals surface area contributed by atoms with E-state index in [4.69, 9.17) is 14.3 Å². The molecule has 0 amide bonds. The largest absolute Gasteiger partial charge is 0.456 e. The van der Waals surface area contributed by atoms with Crippen molar-refractivity contribution >= 4 is 12.2 Å². The normalized spacial score (nSPS) is 14.5. The van der Waals surface area contributed by atoms with Crippen LogP contribution in [0.4, 0.5) is 13.2 Å². The zero-order valence-electron chi connectivity index (χ0n) is 21.4. The van der Waals surface area contributed by atoms with E-state index in [1.54, 1.807) is 59.0 Å². The molecule has 0 saturated carbocycles. The van der Waals surface area contributed by atoms with Gasteiger partial charge in [-0.3, -0.25) is 0 Å². The van der Waals surface area contributed by atoms with Crippen molar-refractivity contribution in [3.63, 3.8) is 0 Å². The number of benzene rings is 2. The minimum atomic E-state index is -4.60. The molecule has 1 aliphatic heterocycles. The van der Waals surface area contributed by atoms with Gasteiger partial charge in [0.15, 0.2) is 0 Å². The number of carbonyl (C=O) groups is 1. The van der Waals surface area contributed by atoms with Crippen molar-refractivity contribution in [2.75, 3.05) is 0 Å². The number of alkyl halides is 3. The molecule has 4 rings (SSSR count). The maximum Gasteiger partial charge on any atom is 0.442 e. The lowest BCUT2D eigenvalue weighted by Crippen LogP contribution is -2.29. The molecule has 0 atom stereocenters. The first kappa shape index (κ1) is 26.8. The van der Waals surface area contributed by atoms with E-state index in [1.807, 2.05) is 0 Å². The van der Waals surface area contributed by atoms with Crippen LogP contribution in [0.3, 0.4) is 0 Å². The molecule has 9 nitrogen and oxygen atoms in total. The highest BCUT2D eigenvalue weighted by atomic mass is 19.4. The van der Waals surface area contributed by atoms with Gasteiger partial charge in [0, 0.05) is 12.6 Å².